The van der Waals surface area contributed by atoms with E-state index in [1.807, 2.05) is 0 Å². The molecule has 0 aromatic heterocycles. The molecule has 0 saturated carbocycles. The van der Waals surface area contributed by atoms with Gasteiger partial charge in [0.2, 0.25) is 0 Å². The predicted molar refractivity (Wildman–Crippen MR) is 69.0 cm³/mol. The minimum Gasteiger partial charge on any atom is -0.300 e. The highest BCUT2D eigenvalue weighted by Gasteiger charge is 2.18. The molecule has 16 heavy (non-hydrogen) atoms. The first kappa shape index (κ1) is 13.0. The van der Waals surface area contributed by atoms with Crippen molar-refractivity contribution in [1.82, 2.24) is 0 Å². The zero-order chi connectivity index (χ0) is 12.5. The highest BCUT2D eigenvalue weighted by atomic mass is 16.1. The van der Waals surface area contributed by atoms with E-state index in [4.69, 9.17) is 0 Å². The fourth-order valence-corrected chi connectivity index (χ4v) is 2.10. The first-order chi connectivity index (χ1) is 7.21. The lowest BCUT2D eigenvalue weighted by Crippen LogP contribution is -2.15. The molecular weight excluding hydrogens is 196 g/mol. The second-order valence-corrected chi connectivity index (χ2v) is 5.71. The van der Waals surface area contributed by atoms with E-state index in [0.717, 1.165) is 5.56 Å². The van der Waals surface area contributed by atoms with Crippen molar-refractivity contribution in [2.75, 3.05) is 0 Å². The van der Waals surface area contributed by atoms with Crippen LogP contribution in [0.15, 0.2) is 12.1 Å². The maximum absolute atomic E-state index is 11.2. The summed E-state index contributed by atoms with van der Waals surface area (Å²) in [4.78, 5) is 11.2. The highest BCUT2D eigenvalue weighted by Crippen LogP contribution is 2.28. The van der Waals surface area contributed by atoms with Crippen molar-refractivity contribution in [3.63, 3.8) is 0 Å². The van der Waals surface area contributed by atoms with E-state index < -0.39 is 0 Å². The third kappa shape index (κ3) is 2.94. The normalized spacial score (nSPS) is 11.6. The first-order valence-electron chi connectivity index (χ1n) is 5.82. The largest absolute Gasteiger partial charge is 0.300 e. The topological polar surface area (TPSA) is 17.1 Å². The van der Waals surface area contributed by atoms with E-state index in [0.29, 0.717) is 6.42 Å². The summed E-state index contributed by atoms with van der Waals surface area (Å²) in [5.74, 6) is 0.225. The Hall–Kier alpha value is -1.11. The summed E-state index contributed by atoms with van der Waals surface area (Å²) in [6.45, 7) is 12.6. The number of carbonyl (C=O) groups excluding carboxylic acids is 1. The Morgan fingerprint density at radius 2 is 1.75 bits per heavy atom. The lowest BCUT2D eigenvalue weighted by molar-refractivity contribution is -0.116. The molecule has 0 heterocycles. The molecule has 0 saturated heterocycles. The van der Waals surface area contributed by atoms with Gasteiger partial charge in [-0.3, -0.25) is 4.79 Å². The zero-order valence-electron chi connectivity index (χ0n) is 11.3. The Kier molecular flexibility index (Phi) is 3.57. The van der Waals surface area contributed by atoms with E-state index in [9.17, 15) is 4.79 Å². The van der Waals surface area contributed by atoms with E-state index in [1.165, 1.54) is 16.7 Å². The summed E-state index contributed by atoms with van der Waals surface area (Å²) < 4.78 is 0. The van der Waals surface area contributed by atoms with Crippen LogP contribution in [0.4, 0.5) is 0 Å². The standard InChI is InChI=1S/C15H22O/c1-10-7-13(8-11(2)16)9-14(12(10)3)15(4,5)6/h7,9H,8H2,1-6H3. The van der Waals surface area contributed by atoms with Gasteiger partial charge in [-0.15, -0.1) is 0 Å². The van der Waals surface area contributed by atoms with E-state index >= 15 is 0 Å². The summed E-state index contributed by atoms with van der Waals surface area (Å²) in [6, 6.07) is 4.32. The van der Waals surface area contributed by atoms with Crippen molar-refractivity contribution in [2.45, 2.75) is 53.4 Å². The molecule has 0 bridgehead atoms. The number of rotatable bonds is 2. The molecular formula is C15H22O. The van der Waals surface area contributed by atoms with Crippen LogP contribution in [0.1, 0.15) is 49.9 Å². The summed E-state index contributed by atoms with van der Waals surface area (Å²) in [5, 5.41) is 0. The molecule has 0 aliphatic carbocycles. The van der Waals surface area contributed by atoms with Gasteiger partial charge in [0.25, 0.3) is 0 Å². The number of Topliss-reactive ketones (excluding diaryl/α,β-unsaturated/α-hetero) is 1. The summed E-state index contributed by atoms with van der Waals surface area (Å²) in [6.07, 6.45) is 0.546. The third-order valence-electron chi connectivity index (χ3n) is 2.99. The average Bonchev–Trinajstić information content (AvgIpc) is 2.08. The SMILES string of the molecule is CC(=O)Cc1cc(C)c(C)c(C(C)(C)C)c1. The Labute approximate surface area is 98.9 Å². The van der Waals surface area contributed by atoms with Crippen molar-refractivity contribution in [3.05, 3.63) is 34.4 Å². The monoisotopic (exact) mass is 218 g/mol. The Balaban J connectivity index is 3.28. The molecule has 1 aromatic carbocycles. The van der Waals surface area contributed by atoms with Gasteiger partial charge in [-0.25, -0.2) is 0 Å². The van der Waals surface area contributed by atoms with Crippen LogP contribution in [-0.4, -0.2) is 5.78 Å². The smallest absolute Gasteiger partial charge is 0.134 e. The van der Waals surface area contributed by atoms with Crippen LogP contribution in [0.25, 0.3) is 0 Å². The van der Waals surface area contributed by atoms with Gasteiger partial charge in [-0.1, -0.05) is 32.9 Å². The van der Waals surface area contributed by atoms with Crippen LogP contribution >= 0.6 is 0 Å². The average molecular weight is 218 g/mol. The lowest BCUT2D eigenvalue weighted by atomic mass is 9.81. The molecule has 0 aliphatic rings. The molecule has 1 nitrogen and oxygen atoms in total. The van der Waals surface area contributed by atoms with Crippen LogP contribution in [-0.2, 0) is 16.6 Å². The summed E-state index contributed by atoms with van der Waals surface area (Å²) >= 11 is 0. The van der Waals surface area contributed by atoms with Gasteiger partial charge in [0.1, 0.15) is 5.78 Å². The molecule has 1 heteroatoms. The van der Waals surface area contributed by atoms with Crippen LogP contribution in [0, 0.1) is 13.8 Å². The fraction of sp³-hybridized carbons (Fsp3) is 0.533. The second kappa shape index (κ2) is 4.40. The van der Waals surface area contributed by atoms with Crippen molar-refractivity contribution in [1.29, 1.82) is 0 Å². The quantitative estimate of drug-likeness (QED) is 0.739. The minimum atomic E-state index is 0.141. The Morgan fingerprint density at radius 1 is 1.19 bits per heavy atom. The van der Waals surface area contributed by atoms with Gasteiger partial charge in [0.15, 0.2) is 0 Å². The molecule has 0 fully saturated rings. The highest BCUT2D eigenvalue weighted by molar-refractivity contribution is 5.78. The molecule has 0 N–H and O–H groups in total. The summed E-state index contributed by atoms with van der Waals surface area (Å²) in [7, 11) is 0. The predicted octanol–water partition coefficient (Wildman–Crippen LogP) is 3.73. The van der Waals surface area contributed by atoms with Crippen LogP contribution < -0.4 is 0 Å². The molecule has 0 unspecified atom stereocenters. The lowest BCUT2D eigenvalue weighted by Gasteiger charge is -2.24. The van der Waals surface area contributed by atoms with Crippen molar-refractivity contribution < 1.29 is 4.79 Å². The molecule has 0 aliphatic heterocycles. The Morgan fingerprint density at radius 3 is 2.19 bits per heavy atom. The van der Waals surface area contributed by atoms with E-state index in [2.05, 4.69) is 46.8 Å². The number of hydrogen-bond acceptors (Lipinski definition) is 1. The third-order valence-corrected chi connectivity index (χ3v) is 2.99. The zero-order valence-corrected chi connectivity index (χ0v) is 11.3. The molecule has 0 atom stereocenters. The number of aryl methyl sites for hydroxylation is 1. The van der Waals surface area contributed by atoms with Gasteiger partial charge in [0.05, 0.1) is 0 Å². The molecule has 0 spiro atoms. The number of hydrogen-bond donors (Lipinski definition) is 0. The molecule has 88 valence electrons. The number of carbonyl (C=O) groups is 1. The molecule has 0 radical (unpaired) electrons. The molecule has 0 amide bonds. The molecule has 1 rings (SSSR count). The summed E-state index contributed by atoms with van der Waals surface area (Å²) in [5.41, 5.74) is 5.26. The Bertz CT molecular complexity index is 408. The number of benzene rings is 1. The van der Waals surface area contributed by atoms with Crippen molar-refractivity contribution in [3.8, 4) is 0 Å². The van der Waals surface area contributed by atoms with Gasteiger partial charge < -0.3 is 0 Å². The van der Waals surface area contributed by atoms with Gasteiger partial charge in [-0.05, 0) is 48.4 Å². The van der Waals surface area contributed by atoms with Crippen LogP contribution in [0.5, 0.6) is 0 Å². The van der Waals surface area contributed by atoms with Crippen molar-refractivity contribution in [2.24, 2.45) is 0 Å². The van der Waals surface area contributed by atoms with Gasteiger partial charge in [-0.2, -0.15) is 0 Å². The van der Waals surface area contributed by atoms with E-state index in [1.54, 1.807) is 6.92 Å². The van der Waals surface area contributed by atoms with Crippen LogP contribution in [0.3, 0.4) is 0 Å². The second-order valence-electron chi connectivity index (χ2n) is 5.71. The fourth-order valence-electron chi connectivity index (χ4n) is 2.10. The minimum absolute atomic E-state index is 0.141. The van der Waals surface area contributed by atoms with E-state index in [-0.39, 0.29) is 11.2 Å². The number of ketones is 1. The maximum atomic E-state index is 11.2. The van der Waals surface area contributed by atoms with Crippen molar-refractivity contribution >= 4 is 5.78 Å². The first-order valence-corrected chi connectivity index (χ1v) is 5.82. The van der Waals surface area contributed by atoms with Gasteiger partial charge >= 0.3 is 0 Å². The van der Waals surface area contributed by atoms with Crippen LogP contribution in [0.2, 0.25) is 0 Å². The molecule has 1 aromatic rings. The maximum Gasteiger partial charge on any atom is 0.134 e. The van der Waals surface area contributed by atoms with Gasteiger partial charge in [0, 0.05) is 6.42 Å².